The summed E-state index contributed by atoms with van der Waals surface area (Å²) in [5, 5.41) is 4.31. The minimum absolute atomic E-state index is 0.680. The average Bonchev–Trinajstić information content (AvgIpc) is 2.57. The van der Waals surface area contributed by atoms with Gasteiger partial charge in [-0.05, 0) is 31.7 Å². The largest absolute Gasteiger partial charge is 0.355 e. The predicted octanol–water partition coefficient (Wildman–Crippen LogP) is 3.09. The Kier molecular flexibility index (Phi) is 4.78. The van der Waals surface area contributed by atoms with E-state index in [4.69, 9.17) is 0 Å². The highest BCUT2D eigenvalue weighted by Gasteiger charge is 2.06. The van der Waals surface area contributed by atoms with Gasteiger partial charge in [-0.2, -0.15) is 0 Å². The molecule has 5 nitrogen and oxygen atoms in total. The van der Waals surface area contributed by atoms with Crippen LogP contribution < -0.4 is 5.32 Å². The Morgan fingerprint density at radius 3 is 2.61 bits per heavy atom. The van der Waals surface area contributed by atoms with E-state index in [1.165, 1.54) is 10.9 Å². The lowest BCUT2D eigenvalue weighted by Gasteiger charge is -2.17. The molecule has 0 aliphatic carbocycles. The molecule has 1 aromatic carbocycles. The number of anilines is 1. The number of hydrogen-bond acceptors (Lipinski definition) is 5. The second kappa shape index (κ2) is 7.15. The zero-order chi connectivity index (χ0) is 16.1. The first-order chi connectivity index (χ1) is 11.3. The maximum Gasteiger partial charge on any atom is 0.222 e. The zero-order valence-electron chi connectivity index (χ0n) is 13.5. The molecule has 0 atom stereocenters. The second-order valence-corrected chi connectivity index (χ2v) is 5.60. The third-order valence-electron chi connectivity index (χ3n) is 3.67. The van der Waals surface area contributed by atoms with Gasteiger partial charge in [-0.1, -0.05) is 18.2 Å². The monoisotopic (exact) mass is 307 g/mol. The van der Waals surface area contributed by atoms with Gasteiger partial charge >= 0.3 is 0 Å². The molecule has 0 spiro atoms. The van der Waals surface area contributed by atoms with Crippen molar-refractivity contribution >= 4 is 16.9 Å². The van der Waals surface area contributed by atoms with Gasteiger partial charge in [0.1, 0.15) is 0 Å². The molecule has 118 valence electrons. The molecule has 0 saturated heterocycles. The van der Waals surface area contributed by atoms with E-state index < -0.39 is 0 Å². The molecule has 0 radical (unpaired) electrons. The van der Waals surface area contributed by atoms with Crippen LogP contribution in [0.5, 0.6) is 0 Å². The minimum Gasteiger partial charge on any atom is -0.355 e. The summed E-state index contributed by atoms with van der Waals surface area (Å²) < 4.78 is 0. The van der Waals surface area contributed by atoms with Crippen LogP contribution in [0.2, 0.25) is 0 Å². The van der Waals surface area contributed by atoms with Crippen molar-refractivity contribution in [1.82, 2.24) is 19.9 Å². The molecular weight excluding hydrogens is 286 g/mol. The van der Waals surface area contributed by atoms with Gasteiger partial charge in [0.05, 0.1) is 5.52 Å². The summed E-state index contributed by atoms with van der Waals surface area (Å²) in [7, 11) is 2.10. The first kappa shape index (κ1) is 15.4. The van der Waals surface area contributed by atoms with Crippen molar-refractivity contribution in [1.29, 1.82) is 0 Å². The maximum absolute atomic E-state index is 4.41. The lowest BCUT2D eigenvalue weighted by Crippen LogP contribution is -2.18. The summed E-state index contributed by atoms with van der Waals surface area (Å²) in [5.74, 6) is 0.680. The van der Waals surface area contributed by atoms with Crippen LogP contribution in [0.4, 0.5) is 5.95 Å². The maximum atomic E-state index is 4.41. The Balaban J connectivity index is 1.70. The molecular formula is C18H21N5. The molecule has 0 unspecified atom stereocenters. The quantitative estimate of drug-likeness (QED) is 0.758. The fraction of sp³-hybridized carbons (Fsp3) is 0.278. The number of nitrogens with zero attached hydrogens (tertiary/aromatic N) is 4. The number of fused-ring (bicyclic) bond motifs is 1. The molecule has 0 bridgehead atoms. The SMILES string of the molecule is CCNc1ncc(CN(C)Cc2cccc3ncccc23)cn1. The Bertz CT molecular complexity index is 764. The van der Waals surface area contributed by atoms with Crippen LogP contribution >= 0.6 is 0 Å². The zero-order valence-corrected chi connectivity index (χ0v) is 13.5. The van der Waals surface area contributed by atoms with E-state index in [0.29, 0.717) is 5.95 Å². The average molecular weight is 307 g/mol. The molecule has 3 aromatic rings. The Morgan fingerprint density at radius 2 is 1.83 bits per heavy atom. The third kappa shape index (κ3) is 3.81. The first-order valence-electron chi connectivity index (χ1n) is 7.82. The van der Waals surface area contributed by atoms with Crippen LogP contribution in [0, 0.1) is 0 Å². The van der Waals surface area contributed by atoms with Crippen molar-refractivity contribution in [3.63, 3.8) is 0 Å². The van der Waals surface area contributed by atoms with Crippen LogP contribution in [-0.4, -0.2) is 33.4 Å². The van der Waals surface area contributed by atoms with Gasteiger partial charge in [0.2, 0.25) is 5.95 Å². The molecule has 23 heavy (non-hydrogen) atoms. The lowest BCUT2D eigenvalue weighted by molar-refractivity contribution is 0.319. The number of aromatic nitrogens is 3. The van der Waals surface area contributed by atoms with E-state index in [1.807, 2.05) is 37.6 Å². The Labute approximate surface area is 136 Å². The van der Waals surface area contributed by atoms with Crippen molar-refractivity contribution in [2.75, 3.05) is 18.9 Å². The molecule has 0 amide bonds. The normalized spacial score (nSPS) is 11.1. The summed E-state index contributed by atoms with van der Waals surface area (Å²) in [6.07, 6.45) is 5.59. The van der Waals surface area contributed by atoms with Gasteiger partial charge < -0.3 is 5.32 Å². The van der Waals surface area contributed by atoms with E-state index in [2.05, 4.69) is 50.4 Å². The van der Waals surface area contributed by atoms with Gasteiger partial charge in [-0.3, -0.25) is 9.88 Å². The van der Waals surface area contributed by atoms with Crippen LogP contribution in [0.3, 0.4) is 0 Å². The summed E-state index contributed by atoms with van der Waals surface area (Å²) in [4.78, 5) is 15.3. The molecule has 2 aromatic heterocycles. The van der Waals surface area contributed by atoms with E-state index in [9.17, 15) is 0 Å². The highest BCUT2D eigenvalue weighted by atomic mass is 15.1. The molecule has 0 saturated carbocycles. The molecule has 0 aliphatic rings. The summed E-state index contributed by atoms with van der Waals surface area (Å²) >= 11 is 0. The summed E-state index contributed by atoms with van der Waals surface area (Å²) in [5.41, 5.74) is 3.42. The van der Waals surface area contributed by atoms with Crippen LogP contribution in [-0.2, 0) is 13.1 Å². The second-order valence-electron chi connectivity index (χ2n) is 5.60. The highest BCUT2D eigenvalue weighted by molar-refractivity contribution is 5.81. The fourth-order valence-corrected chi connectivity index (χ4v) is 2.65. The van der Waals surface area contributed by atoms with Crippen molar-refractivity contribution < 1.29 is 0 Å². The van der Waals surface area contributed by atoms with Crippen molar-refractivity contribution in [2.45, 2.75) is 20.0 Å². The molecule has 3 rings (SSSR count). The number of benzene rings is 1. The van der Waals surface area contributed by atoms with Gasteiger partial charge in [0.15, 0.2) is 0 Å². The van der Waals surface area contributed by atoms with Crippen molar-refractivity contribution in [3.8, 4) is 0 Å². The van der Waals surface area contributed by atoms with E-state index in [0.717, 1.165) is 30.7 Å². The predicted molar refractivity (Wildman–Crippen MR) is 93.1 cm³/mol. The fourth-order valence-electron chi connectivity index (χ4n) is 2.65. The topological polar surface area (TPSA) is 53.9 Å². The molecule has 5 heteroatoms. The minimum atomic E-state index is 0.680. The lowest BCUT2D eigenvalue weighted by atomic mass is 10.1. The molecule has 0 fully saturated rings. The summed E-state index contributed by atoms with van der Waals surface area (Å²) in [6.45, 7) is 4.53. The smallest absolute Gasteiger partial charge is 0.222 e. The van der Waals surface area contributed by atoms with Crippen LogP contribution in [0.15, 0.2) is 48.9 Å². The number of nitrogens with one attached hydrogen (secondary N) is 1. The number of hydrogen-bond donors (Lipinski definition) is 1. The van der Waals surface area contributed by atoms with Gasteiger partial charge in [0, 0.05) is 49.2 Å². The van der Waals surface area contributed by atoms with E-state index in [-0.39, 0.29) is 0 Å². The summed E-state index contributed by atoms with van der Waals surface area (Å²) in [6, 6.07) is 10.4. The molecule has 2 heterocycles. The molecule has 1 N–H and O–H groups in total. The van der Waals surface area contributed by atoms with Crippen molar-refractivity contribution in [3.05, 3.63) is 60.0 Å². The van der Waals surface area contributed by atoms with Gasteiger partial charge in [-0.25, -0.2) is 9.97 Å². The first-order valence-corrected chi connectivity index (χ1v) is 7.82. The van der Waals surface area contributed by atoms with Gasteiger partial charge in [0.25, 0.3) is 0 Å². The Morgan fingerprint density at radius 1 is 1.00 bits per heavy atom. The van der Waals surface area contributed by atoms with Gasteiger partial charge in [-0.15, -0.1) is 0 Å². The van der Waals surface area contributed by atoms with Crippen LogP contribution in [0.1, 0.15) is 18.1 Å². The molecule has 0 aliphatic heterocycles. The van der Waals surface area contributed by atoms with Crippen molar-refractivity contribution in [2.24, 2.45) is 0 Å². The Hall–Kier alpha value is -2.53. The number of pyridine rings is 1. The third-order valence-corrected chi connectivity index (χ3v) is 3.67. The highest BCUT2D eigenvalue weighted by Crippen LogP contribution is 2.18. The van der Waals surface area contributed by atoms with E-state index in [1.54, 1.807) is 0 Å². The standard InChI is InChI=1S/C18H21N5/c1-3-19-18-21-10-14(11-22-18)12-23(2)13-15-6-4-8-17-16(15)7-5-9-20-17/h4-11H,3,12-13H2,1-2H3,(H,19,21,22). The number of rotatable bonds is 6. The van der Waals surface area contributed by atoms with E-state index >= 15 is 0 Å². The van der Waals surface area contributed by atoms with Crippen LogP contribution in [0.25, 0.3) is 10.9 Å².